The molecular weight excluding hydrogens is 308 g/mol. The second-order valence-electron chi connectivity index (χ2n) is 6.08. The second kappa shape index (κ2) is 4.95. The van der Waals surface area contributed by atoms with E-state index in [-0.39, 0.29) is 23.8 Å². The van der Waals surface area contributed by atoms with Crippen molar-refractivity contribution in [1.29, 1.82) is 0 Å². The van der Waals surface area contributed by atoms with Gasteiger partial charge in [0, 0.05) is 35.9 Å². The van der Waals surface area contributed by atoms with Gasteiger partial charge in [-0.1, -0.05) is 6.58 Å². The van der Waals surface area contributed by atoms with E-state index < -0.39 is 0 Å². The Morgan fingerprint density at radius 2 is 2.21 bits per heavy atom. The van der Waals surface area contributed by atoms with Crippen LogP contribution in [0.3, 0.4) is 0 Å². The van der Waals surface area contributed by atoms with Crippen LogP contribution in [-0.4, -0.2) is 46.2 Å². The quantitative estimate of drug-likeness (QED) is 0.826. The number of H-pyrrole nitrogens is 1. The Labute approximate surface area is 137 Å². The lowest BCUT2D eigenvalue weighted by molar-refractivity contribution is -0.132. The van der Waals surface area contributed by atoms with Crippen LogP contribution in [-0.2, 0) is 16.1 Å². The second-order valence-corrected chi connectivity index (χ2v) is 6.08. The molecule has 1 fully saturated rings. The summed E-state index contributed by atoms with van der Waals surface area (Å²) < 4.78 is 0. The average molecular weight is 324 g/mol. The molecular formula is C17H16N4O3. The molecule has 0 saturated carbocycles. The lowest BCUT2D eigenvalue weighted by Crippen LogP contribution is -2.55. The van der Waals surface area contributed by atoms with Crippen LogP contribution in [0.15, 0.2) is 30.9 Å². The Morgan fingerprint density at radius 3 is 2.96 bits per heavy atom. The number of benzene rings is 1. The minimum absolute atomic E-state index is 0.196. The third-order valence-corrected chi connectivity index (χ3v) is 4.66. The number of fused-ring (bicyclic) bond motifs is 6. The Kier molecular flexibility index (Phi) is 2.99. The highest BCUT2D eigenvalue weighted by molar-refractivity contribution is 6.05. The Bertz CT molecular complexity index is 914. The number of amides is 4. The number of rotatable bonds is 2. The molecule has 7 nitrogen and oxygen atoms in total. The molecule has 7 heteroatoms. The number of aromatic amines is 1. The van der Waals surface area contributed by atoms with Crippen molar-refractivity contribution in [2.75, 3.05) is 18.9 Å². The predicted octanol–water partition coefficient (Wildman–Crippen LogP) is 1.78. The number of imide groups is 1. The monoisotopic (exact) mass is 324 g/mol. The molecule has 0 spiro atoms. The summed E-state index contributed by atoms with van der Waals surface area (Å²) in [5.74, 6) is -0.863. The van der Waals surface area contributed by atoms with Gasteiger partial charge < -0.3 is 15.2 Å². The van der Waals surface area contributed by atoms with Crippen LogP contribution in [0.4, 0.5) is 10.5 Å². The number of hydrogen-bond acceptors (Lipinski definition) is 3. The predicted molar refractivity (Wildman–Crippen MR) is 88.4 cm³/mol. The minimum Gasteiger partial charge on any atom is -0.357 e. The molecule has 2 aromatic rings. The van der Waals surface area contributed by atoms with Crippen LogP contribution in [0.5, 0.6) is 0 Å². The SMILES string of the molecule is C=CC(=O)Nc1ccc2[nH]c3c(c2c1)[C@@H]1CN(C3)C(=O)N(C)C1=O. The van der Waals surface area contributed by atoms with E-state index in [1.807, 2.05) is 12.1 Å². The number of anilines is 1. The standard InChI is InChI=1S/C17H16N4O3/c1-3-14(22)18-9-4-5-12-10(6-9)15-11-7-21(8-13(15)19-12)17(24)20(2)16(11)23/h3-6,11,19H,1,7-8H2,2H3,(H,18,22)/t11-/m0/s1. The number of nitrogens with zero attached hydrogens (tertiary/aromatic N) is 2. The summed E-state index contributed by atoms with van der Waals surface area (Å²) in [6.45, 7) is 4.28. The van der Waals surface area contributed by atoms with Gasteiger partial charge in [0.15, 0.2) is 0 Å². The maximum absolute atomic E-state index is 12.5. The fourth-order valence-electron chi connectivity index (χ4n) is 3.52. The molecule has 2 N–H and O–H groups in total. The fourth-order valence-corrected chi connectivity index (χ4v) is 3.52. The summed E-state index contributed by atoms with van der Waals surface area (Å²) in [5, 5.41) is 3.63. The van der Waals surface area contributed by atoms with Crippen molar-refractivity contribution >= 4 is 34.4 Å². The van der Waals surface area contributed by atoms with Crippen molar-refractivity contribution in [1.82, 2.24) is 14.8 Å². The van der Waals surface area contributed by atoms with Gasteiger partial charge in [-0.3, -0.25) is 14.5 Å². The number of likely N-dealkylation sites (N-methyl/N-ethyl adjacent to an activating group) is 1. The van der Waals surface area contributed by atoms with Crippen LogP contribution in [0.1, 0.15) is 17.2 Å². The van der Waals surface area contributed by atoms with Crippen LogP contribution in [0, 0.1) is 0 Å². The van der Waals surface area contributed by atoms with Gasteiger partial charge in [0.05, 0.1) is 12.5 Å². The number of carbonyl (C=O) groups is 3. The van der Waals surface area contributed by atoms with E-state index in [0.717, 1.165) is 22.2 Å². The third-order valence-electron chi connectivity index (χ3n) is 4.66. The molecule has 24 heavy (non-hydrogen) atoms. The van der Waals surface area contributed by atoms with Crippen molar-refractivity contribution in [3.05, 3.63) is 42.1 Å². The Morgan fingerprint density at radius 1 is 1.42 bits per heavy atom. The summed E-state index contributed by atoms with van der Waals surface area (Å²) in [6, 6.07) is 5.24. The van der Waals surface area contributed by atoms with E-state index in [1.165, 1.54) is 18.0 Å². The average Bonchev–Trinajstić information content (AvgIpc) is 2.95. The van der Waals surface area contributed by atoms with Crippen molar-refractivity contribution in [2.24, 2.45) is 0 Å². The first-order chi connectivity index (χ1) is 11.5. The summed E-state index contributed by atoms with van der Waals surface area (Å²) >= 11 is 0. The van der Waals surface area contributed by atoms with Crippen molar-refractivity contribution in [3.8, 4) is 0 Å². The zero-order valence-electron chi connectivity index (χ0n) is 13.1. The molecule has 0 unspecified atom stereocenters. The molecule has 1 atom stereocenters. The highest BCUT2D eigenvalue weighted by Crippen LogP contribution is 2.39. The first-order valence-corrected chi connectivity index (χ1v) is 7.64. The minimum atomic E-state index is -0.379. The van der Waals surface area contributed by atoms with Gasteiger partial charge in [-0.05, 0) is 29.8 Å². The normalized spacial score (nSPS) is 19.5. The van der Waals surface area contributed by atoms with Gasteiger partial charge in [-0.15, -0.1) is 0 Å². The zero-order valence-corrected chi connectivity index (χ0v) is 13.1. The van der Waals surface area contributed by atoms with Crippen molar-refractivity contribution in [2.45, 2.75) is 12.5 Å². The molecule has 3 heterocycles. The Hall–Kier alpha value is -3.09. The molecule has 122 valence electrons. The van der Waals surface area contributed by atoms with E-state index in [9.17, 15) is 14.4 Å². The summed E-state index contributed by atoms with van der Waals surface area (Å²) in [6.07, 6.45) is 1.21. The summed E-state index contributed by atoms with van der Waals surface area (Å²) in [5.41, 5.74) is 3.32. The number of nitrogens with one attached hydrogen (secondary N) is 2. The van der Waals surface area contributed by atoms with Gasteiger partial charge in [-0.25, -0.2) is 4.79 Å². The van der Waals surface area contributed by atoms with E-state index >= 15 is 0 Å². The largest absolute Gasteiger partial charge is 0.357 e. The molecule has 4 amide bonds. The fraction of sp³-hybridized carbons (Fsp3) is 0.235. The lowest BCUT2D eigenvalue weighted by atomic mass is 9.89. The van der Waals surface area contributed by atoms with Crippen LogP contribution in [0.2, 0.25) is 0 Å². The smallest absolute Gasteiger partial charge is 0.326 e. The van der Waals surface area contributed by atoms with Gasteiger partial charge in [0.2, 0.25) is 11.8 Å². The van der Waals surface area contributed by atoms with Crippen LogP contribution < -0.4 is 5.32 Å². The van der Waals surface area contributed by atoms with Crippen molar-refractivity contribution in [3.63, 3.8) is 0 Å². The van der Waals surface area contributed by atoms with Gasteiger partial charge >= 0.3 is 6.03 Å². The molecule has 1 aromatic heterocycles. The molecule has 1 saturated heterocycles. The lowest BCUT2D eigenvalue weighted by Gasteiger charge is -2.40. The van der Waals surface area contributed by atoms with E-state index in [0.29, 0.717) is 18.8 Å². The first kappa shape index (κ1) is 14.5. The topological polar surface area (TPSA) is 85.5 Å². The van der Waals surface area contributed by atoms with Crippen molar-refractivity contribution < 1.29 is 14.4 Å². The highest BCUT2D eigenvalue weighted by atomic mass is 16.2. The molecule has 2 bridgehead atoms. The maximum atomic E-state index is 12.5. The van der Waals surface area contributed by atoms with Gasteiger partial charge in [-0.2, -0.15) is 0 Å². The molecule has 4 rings (SSSR count). The molecule has 0 radical (unpaired) electrons. The van der Waals surface area contributed by atoms with E-state index in [4.69, 9.17) is 0 Å². The molecule has 2 aliphatic rings. The maximum Gasteiger partial charge on any atom is 0.326 e. The van der Waals surface area contributed by atoms with E-state index in [2.05, 4.69) is 16.9 Å². The number of carbonyl (C=O) groups excluding carboxylic acids is 3. The number of hydrogen-bond donors (Lipinski definition) is 2. The number of aromatic nitrogens is 1. The first-order valence-electron chi connectivity index (χ1n) is 7.64. The number of urea groups is 1. The van der Waals surface area contributed by atoms with Gasteiger partial charge in [0.1, 0.15) is 0 Å². The molecule has 1 aromatic carbocycles. The molecule has 0 aliphatic carbocycles. The highest BCUT2D eigenvalue weighted by Gasteiger charge is 2.43. The Balaban J connectivity index is 1.84. The molecule has 2 aliphatic heterocycles. The summed E-state index contributed by atoms with van der Waals surface area (Å²) in [4.78, 5) is 42.3. The van der Waals surface area contributed by atoms with Crippen LogP contribution >= 0.6 is 0 Å². The van der Waals surface area contributed by atoms with E-state index in [1.54, 1.807) is 11.0 Å². The van der Waals surface area contributed by atoms with Gasteiger partial charge in [0.25, 0.3) is 0 Å². The zero-order chi connectivity index (χ0) is 17.0. The third kappa shape index (κ3) is 1.94. The van der Waals surface area contributed by atoms with Crippen LogP contribution in [0.25, 0.3) is 10.9 Å². The summed E-state index contributed by atoms with van der Waals surface area (Å²) in [7, 11) is 1.51.